The number of rotatable bonds is 5. The Morgan fingerprint density at radius 3 is 2.38 bits per heavy atom. The van der Waals surface area contributed by atoms with Gasteiger partial charge in [0.25, 0.3) is 5.91 Å². The maximum absolute atomic E-state index is 14.5. The minimum Gasteiger partial charge on any atom is -0.468 e. The van der Waals surface area contributed by atoms with Crippen molar-refractivity contribution in [1.29, 1.82) is 0 Å². The Kier molecular flexibility index (Phi) is 7.24. The molecule has 2 heterocycles. The first-order chi connectivity index (χ1) is 16.3. The first-order valence-electron chi connectivity index (χ1n) is 10.8. The van der Waals surface area contributed by atoms with Crippen LogP contribution >= 0.6 is 11.3 Å². The molecule has 0 unspecified atom stereocenters. The van der Waals surface area contributed by atoms with Crippen molar-refractivity contribution in [3.63, 3.8) is 0 Å². The molecule has 1 fully saturated rings. The van der Waals surface area contributed by atoms with Crippen LogP contribution in [-0.4, -0.2) is 49.4 Å². The van der Waals surface area contributed by atoms with E-state index in [1.165, 1.54) is 52.4 Å². The number of carbonyl (C=O) groups is 2. The second-order valence-corrected chi connectivity index (χ2v) is 10.8. The lowest BCUT2D eigenvalue weighted by Gasteiger charge is -2.19. The number of carbonyl (C=O) groups excluding carboxylic acids is 2. The maximum atomic E-state index is 14.5. The SMILES string of the molecule is COC(=O)Cn1c(=NC(=O)c2ccc(S(=O)(=O)N3CCCCCC3)cc2)sc2cccc(F)c21. The van der Waals surface area contributed by atoms with Gasteiger partial charge >= 0.3 is 5.97 Å². The van der Waals surface area contributed by atoms with E-state index < -0.39 is 27.7 Å². The second-order valence-electron chi connectivity index (χ2n) is 7.89. The Morgan fingerprint density at radius 1 is 1.06 bits per heavy atom. The summed E-state index contributed by atoms with van der Waals surface area (Å²) >= 11 is 1.07. The number of benzene rings is 2. The summed E-state index contributed by atoms with van der Waals surface area (Å²) in [5, 5.41) is 0. The highest BCUT2D eigenvalue weighted by Crippen LogP contribution is 2.22. The van der Waals surface area contributed by atoms with Gasteiger partial charge in [0, 0.05) is 18.7 Å². The number of esters is 1. The third-order valence-corrected chi connectivity index (χ3v) is 8.62. The molecule has 1 aliphatic heterocycles. The second kappa shape index (κ2) is 10.2. The van der Waals surface area contributed by atoms with Gasteiger partial charge in [-0.25, -0.2) is 12.8 Å². The number of ether oxygens (including phenoxy) is 1. The highest BCUT2D eigenvalue weighted by atomic mass is 32.2. The van der Waals surface area contributed by atoms with Crippen molar-refractivity contribution < 1.29 is 27.1 Å². The van der Waals surface area contributed by atoms with E-state index in [2.05, 4.69) is 4.99 Å². The van der Waals surface area contributed by atoms with Crippen molar-refractivity contribution in [3.8, 4) is 0 Å². The summed E-state index contributed by atoms with van der Waals surface area (Å²) in [6.07, 6.45) is 3.68. The summed E-state index contributed by atoms with van der Waals surface area (Å²) in [7, 11) is -2.42. The minimum absolute atomic E-state index is 0.121. The van der Waals surface area contributed by atoms with Crippen LogP contribution in [-0.2, 0) is 26.1 Å². The molecular formula is C23H24FN3O5S2. The number of methoxy groups -OCH3 is 1. The molecule has 0 radical (unpaired) electrons. The van der Waals surface area contributed by atoms with Gasteiger partial charge in [-0.15, -0.1) is 0 Å². The number of hydrogen-bond donors (Lipinski definition) is 0. The van der Waals surface area contributed by atoms with Gasteiger partial charge in [0.1, 0.15) is 12.4 Å². The van der Waals surface area contributed by atoms with E-state index in [0.29, 0.717) is 17.8 Å². The molecule has 0 N–H and O–H groups in total. The van der Waals surface area contributed by atoms with Gasteiger partial charge in [0.05, 0.1) is 22.2 Å². The number of fused-ring (bicyclic) bond motifs is 1. The molecule has 0 aliphatic carbocycles. The lowest BCUT2D eigenvalue weighted by molar-refractivity contribution is -0.141. The number of sulfonamides is 1. The number of thiazole rings is 1. The van der Waals surface area contributed by atoms with Gasteiger partial charge in [0.2, 0.25) is 10.0 Å². The average Bonchev–Trinajstić information content (AvgIpc) is 3.00. The van der Waals surface area contributed by atoms with E-state index in [9.17, 15) is 22.4 Å². The molecule has 1 amide bonds. The van der Waals surface area contributed by atoms with Gasteiger partial charge in [-0.3, -0.25) is 9.59 Å². The monoisotopic (exact) mass is 505 g/mol. The minimum atomic E-state index is -3.64. The van der Waals surface area contributed by atoms with Crippen LogP contribution in [0.4, 0.5) is 4.39 Å². The van der Waals surface area contributed by atoms with Crippen molar-refractivity contribution >= 4 is 43.5 Å². The molecule has 1 aliphatic rings. The molecule has 0 bridgehead atoms. The highest BCUT2D eigenvalue weighted by Gasteiger charge is 2.25. The fourth-order valence-corrected chi connectivity index (χ4v) is 6.42. The molecule has 34 heavy (non-hydrogen) atoms. The van der Waals surface area contributed by atoms with E-state index in [0.717, 1.165) is 37.0 Å². The van der Waals surface area contributed by atoms with E-state index in [-0.39, 0.29) is 27.3 Å². The summed E-state index contributed by atoms with van der Waals surface area (Å²) in [5.41, 5.74) is 0.334. The van der Waals surface area contributed by atoms with Gasteiger partial charge in [-0.2, -0.15) is 9.30 Å². The number of hydrogen-bond acceptors (Lipinski definition) is 6. The van der Waals surface area contributed by atoms with E-state index in [1.54, 1.807) is 6.07 Å². The van der Waals surface area contributed by atoms with Crippen molar-refractivity contribution in [1.82, 2.24) is 8.87 Å². The molecule has 11 heteroatoms. The van der Waals surface area contributed by atoms with Gasteiger partial charge in [0.15, 0.2) is 4.80 Å². The lowest BCUT2D eigenvalue weighted by Crippen LogP contribution is -2.31. The van der Waals surface area contributed by atoms with Crippen molar-refractivity contribution in [3.05, 3.63) is 58.6 Å². The lowest BCUT2D eigenvalue weighted by atomic mass is 10.2. The number of nitrogens with zero attached hydrogens (tertiary/aromatic N) is 3. The predicted octanol–water partition coefficient (Wildman–Crippen LogP) is 3.32. The number of aromatic nitrogens is 1. The van der Waals surface area contributed by atoms with Crippen molar-refractivity contribution in [2.75, 3.05) is 20.2 Å². The van der Waals surface area contributed by atoms with Gasteiger partial charge in [-0.05, 0) is 49.2 Å². The molecule has 3 aromatic rings. The van der Waals surface area contributed by atoms with Crippen molar-refractivity contribution in [2.24, 2.45) is 4.99 Å². The smallest absolute Gasteiger partial charge is 0.325 e. The standard InChI is InChI=1S/C23H24FN3O5S2/c1-32-20(28)15-27-21-18(24)7-6-8-19(21)33-23(27)25-22(29)16-9-11-17(12-10-16)34(30,31)26-13-4-2-3-5-14-26/h6-12H,2-5,13-15H2,1H3. The Hall–Kier alpha value is -2.89. The first kappa shape index (κ1) is 24.2. The van der Waals surface area contributed by atoms with Crippen molar-refractivity contribution in [2.45, 2.75) is 37.1 Å². The van der Waals surface area contributed by atoms with Crippen LogP contribution in [0.2, 0.25) is 0 Å². The quantitative estimate of drug-likeness (QED) is 0.496. The number of para-hydroxylation sites is 1. The Balaban J connectivity index is 1.66. The number of amides is 1. The Bertz CT molecular complexity index is 1390. The van der Waals surface area contributed by atoms with Crippen LogP contribution in [0.1, 0.15) is 36.0 Å². The fourth-order valence-electron chi connectivity index (χ4n) is 3.86. The molecule has 4 rings (SSSR count). The summed E-state index contributed by atoms with van der Waals surface area (Å²) in [6.45, 7) is 0.665. The Labute approximate surface area is 200 Å². The van der Waals surface area contributed by atoms with Gasteiger partial charge in [-0.1, -0.05) is 30.2 Å². The zero-order chi connectivity index (χ0) is 24.3. The molecular weight excluding hydrogens is 481 g/mol. The zero-order valence-electron chi connectivity index (χ0n) is 18.6. The molecule has 1 saturated heterocycles. The molecule has 0 atom stereocenters. The topological polar surface area (TPSA) is 98.0 Å². The van der Waals surface area contributed by atoms with Crippen LogP contribution in [0.25, 0.3) is 10.2 Å². The summed E-state index contributed by atoms with van der Waals surface area (Å²) < 4.78 is 48.4. The van der Waals surface area contributed by atoms with E-state index >= 15 is 0 Å². The molecule has 2 aromatic carbocycles. The van der Waals surface area contributed by atoms with Crippen LogP contribution in [0.15, 0.2) is 52.4 Å². The molecule has 0 saturated carbocycles. The molecule has 1 aromatic heterocycles. The average molecular weight is 506 g/mol. The van der Waals surface area contributed by atoms with Crippen LogP contribution in [0, 0.1) is 5.82 Å². The Morgan fingerprint density at radius 2 is 1.74 bits per heavy atom. The fraction of sp³-hybridized carbons (Fsp3) is 0.348. The molecule has 8 nitrogen and oxygen atoms in total. The maximum Gasteiger partial charge on any atom is 0.325 e. The molecule has 0 spiro atoms. The van der Waals surface area contributed by atoms with E-state index in [4.69, 9.17) is 4.74 Å². The van der Waals surface area contributed by atoms with Crippen LogP contribution < -0.4 is 4.80 Å². The zero-order valence-corrected chi connectivity index (χ0v) is 20.2. The third kappa shape index (κ3) is 4.96. The summed E-state index contributed by atoms with van der Waals surface area (Å²) in [4.78, 5) is 29.1. The number of halogens is 1. The first-order valence-corrected chi connectivity index (χ1v) is 13.1. The third-order valence-electron chi connectivity index (χ3n) is 5.67. The summed E-state index contributed by atoms with van der Waals surface area (Å²) in [6, 6.07) is 10.1. The largest absolute Gasteiger partial charge is 0.468 e. The summed E-state index contributed by atoms with van der Waals surface area (Å²) in [5.74, 6) is -1.79. The van der Waals surface area contributed by atoms with Crippen LogP contribution in [0.3, 0.4) is 0 Å². The highest BCUT2D eigenvalue weighted by molar-refractivity contribution is 7.89. The van der Waals surface area contributed by atoms with Gasteiger partial charge < -0.3 is 9.30 Å². The molecule has 180 valence electrons. The van der Waals surface area contributed by atoms with E-state index in [1.807, 2.05) is 0 Å². The normalized spacial score (nSPS) is 15.9. The van der Waals surface area contributed by atoms with Crippen LogP contribution in [0.5, 0.6) is 0 Å². The predicted molar refractivity (Wildman–Crippen MR) is 125 cm³/mol.